The molecule has 3 heterocycles. The Kier molecular flexibility index (Phi) is 9.34. The molecule has 4 amide bonds. The average Bonchev–Trinajstić information content (AvgIpc) is 3.69. The van der Waals surface area contributed by atoms with Gasteiger partial charge in [-0.15, -0.1) is 0 Å². The largest absolute Gasteiger partial charge is 0.371 e. The molecule has 0 bridgehead atoms. The van der Waals surface area contributed by atoms with Crippen LogP contribution in [0, 0.1) is 23.2 Å². The fourth-order valence-electron chi connectivity index (χ4n) is 7.85. The molecule has 9 atom stereocenters. The second-order valence-electron chi connectivity index (χ2n) is 13.3. The van der Waals surface area contributed by atoms with E-state index in [2.05, 4.69) is 35.1 Å². The third-order valence-electron chi connectivity index (χ3n) is 10.5. The van der Waals surface area contributed by atoms with Crippen LogP contribution in [0.25, 0.3) is 0 Å². The van der Waals surface area contributed by atoms with Crippen molar-refractivity contribution in [3.8, 4) is 0 Å². The van der Waals surface area contributed by atoms with Crippen LogP contribution in [-0.4, -0.2) is 66.6 Å². The van der Waals surface area contributed by atoms with Crippen molar-refractivity contribution >= 4 is 23.6 Å². The molecule has 3 aliphatic heterocycles. The fourth-order valence-corrected chi connectivity index (χ4v) is 7.85. The number of allylic oxidation sites excluding steroid dienone is 2. The van der Waals surface area contributed by atoms with Gasteiger partial charge in [-0.1, -0.05) is 91.9 Å². The van der Waals surface area contributed by atoms with Crippen molar-refractivity contribution in [2.75, 3.05) is 13.1 Å². The first-order valence-corrected chi connectivity index (χ1v) is 16.5. The van der Waals surface area contributed by atoms with Gasteiger partial charge in [-0.05, 0) is 43.7 Å². The number of carbonyl (C=O) groups is 4. The van der Waals surface area contributed by atoms with Crippen LogP contribution in [0.15, 0.2) is 85.0 Å². The normalized spacial score (nSPS) is 35.9. The summed E-state index contributed by atoms with van der Waals surface area (Å²) >= 11 is 0. The number of nitrogens with one attached hydrogen (secondary N) is 4. The van der Waals surface area contributed by atoms with Crippen LogP contribution in [0.4, 0.5) is 0 Å². The number of amides is 4. The molecular formula is C37H44N4O6. The number of hydrogen-bond donors (Lipinski definition) is 4. The molecule has 10 heteroatoms. The Labute approximate surface area is 275 Å². The van der Waals surface area contributed by atoms with E-state index in [0.717, 1.165) is 11.1 Å². The highest BCUT2D eigenvalue weighted by atomic mass is 16.6. The lowest BCUT2D eigenvalue weighted by atomic mass is 9.52. The third kappa shape index (κ3) is 6.24. The van der Waals surface area contributed by atoms with E-state index in [9.17, 15) is 19.2 Å². The van der Waals surface area contributed by atoms with E-state index < -0.39 is 46.8 Å². The van der Waals surface area contributed by atoms with Gasteiger partial charge in [0, 0.05) is 24.4 Å². The Morgan fingerprint density at radius 3 is 2.30 bits per heavy atom. The average molecular weight is 641 g/mol. The van der Waals surface area contributed by atoms with E-state index in [1.54, 1.807) is 6.92 Å². The second kappa shape index (κ2) is 13.4. The minimum Gasteiger partial charge on any atom is -0.371 e. The van der Waals surface area contributed by atoms with E-state index in [4.69, 9.17) is 9.47 Å². The van der Waals surface area contributed by atoms with Crippen LogP contribution >= 0.6 is 0 Å². The van der Waals surface area contributed by atoms with Crippen molar-refractivity contribution in [1.82, 2.24) is 21.3 Å². The van der Waals surface area contributed by atoms with Gasteiger partial charge < -0.3 is 30.7 Å². The predicted octanol–water partition coefficient (Wildman–Crippen LogP) is 2.59. The Morgan fingerprint density at radius 2 is 1.57 bits per heavy atom. The van der Waals surface area contributed by atoms with Gasteiger partial charge in [0.2, 0.25) is 23.6 Å². The molecule has 2 aromatic rings. The van der Waals surface area contributed by atoms with Crippen molar-refractivity contribution < 1.29 is 28.7 Å². The van der Waals surface area contributed by atoms with Gasteiger partial charge in [-0.3, -0.25) is 19.2 Å². The molecule has 248 valence electrons. The number of benzene rings is 2. The van der Waals surface area contributed by atoms with Crippen molar-refractivity contribution in [3.05, 3.63) is 96.1 Å². The molecular weight excluding hydrogens is 596 g/mol. The van der Waals surface area contributed by atoms with Crippen LogP contribution in [0.5, 0.6) is 0 Å². The molecule has 2 aromatic carbocycles. The summed E-state index contributed by atoms with van der Waals surface area (Å²) in [6.07, 6.45) is 7.60. The molecule has 10 nitrogen and oxygen atoms in total. The maximum Gasteiger partial charge on any atom is 0.245 e. The van der Waals surface area contributed by atoms with Gasteiger partial charge in [-0.25, -0.2) is 0 Å². The first kappa shape index (κ1) is 32.7. The molecule has 3 fully saturated rings. The van der Waals surface area contributed by atoms with Crippen molar-refractivity contribution in [2.24, 2.45) is 23.2 Å². The van der Waals surface area contributed by atoms with Gasteiger partial charge in [0.1, 0.15) is 11.5 Å². The quantitative estimate of drug-likeness (QED) is 0.218. The zero-order valence-corrected chi connectivity index (χ0v) is 27.1. The molecule has 0 aromatic heterocycles. The number of epoxide rings is 1. The lowest BCUT2D eigenvalue weighted by Crippen LogP contribution is -2.65. The summed E-state index contributed by atoms with van der Waals surface area (Å²) in [5.74, 6) is -3.00. The zero-order valence-electron chi connectivity index (χ0n) is 27.1. The fraction of sp³-hybridized carbons (Fsp3) is 0.459. The van der Waals surface area contributed by atoms with E-state index in [1.165, 1.54) is 0 Å². The maximum atomic E-state index is 15.0. The standard InChI is InChI=1S/C37H44N4O6/c1-23-30-28(20-25-14-8-6-9-15-25)40-34(44)37(30)27(32-36(23,3)47-32)18-12-4-5-13-19-38-29(42)21-39-33(43)31(41-35(37)45)24(2)46-22-26-16-10-7-11-17-26/h5-18,23-24,27-28,30-32H,4,19-22H2,1-3H3,(H,38,42)(H,39,43)(H,40,44)(H,41,45)/b13-5-,18-12+/t23-,24+,27?,28-,30?,31?,32-,36+,37+/m0/s1. The molecule has 3 unspecified atom stereocenters. The molecule has 1 spiro atoms. The van der Waals surface area contributed by atoms with Crippen molar-refractivity contribution in [2.45, 2.75) is 70.1 Å². The van der Waals surface area contributed by atoms with Crippen LogP contribution in [0.1, 0.15) is 38.3 Å². The second-order valence-corrected chi connectivity index (χ2v) is 13.3. The van der Waals surface area contributed by atoms with Crippen molar-refractivity contribution in [3.63, 3.8) is 0 Å². The molecule has 2 saturated heterocycles. The third-order valence-corrected chi connectivity index (χ3v) is 10.5. The highest BCUT2D eigenvalue weighted by Gasteiger charge is 2.78. The molecule has 6 rings (SSSR count). The Bertz CT molecular complexity index is 1550. The summed E-state index contributed by atoms with van der Waals surface area (Å²) in [4.78, 5) is 55.7. The van der Waals surface area contributed by atoms with Gasteiger partial charge in [0.15, 0.2) is 0 Å². The van der Waals surface area contributed by atoms with E-state index in [0.29, 0.717) is 19.4 Å². The number of fused-ring (bicyclic) bond motifs is 2. The predicted molar refractivity (Wildman–Crippen MR) is 175 cm³/mol. The van der Waals surface area contributed by atoms with Gasteiger partial charge >= 0.3 is 0 Å². The molecule has 1 saturated carbocycles. The monoisotopic (exact) mass is 640 g/mol. The zero-order chi connectivity index (χ0) is 33.2. The molecule has 4 N–H and O–H groups in total. The topological polar surface area (TPSA) is 138 Å². The lowest BCUT2D eigenvalue weighted by Gasteiger charge is -2.46. The summed E-state index contributed by atoms with van der Waals surface area (Å²) < 4.78 is 12.5. The molecule has 1 aliphatic carbocycles. The number of carbonyl (C=O) groups excluding carboxylic acids is 4. The first-order valence-electron chi connectivity index (χ1n) is 16.5. The summed E-state index contributed by atoms with van der Waals surface area (Å²) in [6, 6.07) is 17.9. The minimum absolute atomic E-state index is 0.149. The summed E-state index contributed by atoms with van der Waals surface area (Å²) in [6.45, 7) is 6.08. The summed E-state index contributed by atoms with van der Waals surface area (Å²) in [7, 11) is 0. The number of hydrogen-bond acceptors (Lipinski definition) is 6. The highest BCUT2D eigenvalue weighted by molar-refractivity contribution is 6.09. The molecule has 47 heavy (non-hydrogen) atoms. The first-order chi connectivity index (χ1) is 22.7. The number of ether oxygens (including phenoxy) is 2. The van der Waals surface area contributed by atoms with Crippen LogP contribution in [0.2, 0.25) is 0 Å². The molecule has 4 aliphatic rings. The maximum absolute atomic E-state index is 15.0. The van der Waals surface area contributed by atoms with Crippen LogP contribution in [-0.2, 0) is 41.7 Å². The lowest BCUT2D eigenvalue weighted by molar-refractivity contribution is -0.153. The van der Waals surface area contributed by atoms with Gasteiger partial charge in [0.25, 0.3) is 0 Å². The van der Waals surface area contributed by atoms with Crippen LogP contribution in [0.3, 0.4) is 0 Å². The van der Waals surface area contributed by atoms with E-state index in [1.807, 2.05) is 85.0 Å². The van der Waals surface area contributed by atoms with E-state index >= 15 is 0 Å². The smallest absolute Gasteiger partial charge is 0.245 e. The highest BCUT2D eigenvalue weighted by Crippen LogP contribution is 2.65. The van der Waals surface area contributed by atoms with Gasteiger partial charge in [0.05, 0.1) is 31.0 Å². The summed E-state index contributed by atoms with van der Waals surface area (Å²) in [5.41, 5.74) is -0.100. The van der Waals surface area contributed by atoms with E-state index in [-0.39, 0.29) is 43.0 Å². The SMILES string of the molecule is C[C@@H](OCc1ccccc1)C1NC(=O)[C@@]23C(=O)N[C@@H](Cc4ccccc4)C2[C@H](C)[C@@]2(C)O[C@H]2C3/C=C/C/C=C\CNC(=O)CNC1=O. The Balaban J connectivity index is 1.39. The number of rotatable bonds is 6. The Hall–Kier alpha value is -4.28. The van der Waals surface area contributed by atoms with Gasteiger partial charge in [-0.2, -0.15) is 0 Å². The van der Waals surface area contributed by atoms with Crippen LogP contribution < -0.4 is 21.3 Å². The molecule has 0 radical (unpaired) electrons. The minimum atomic E-state index is -1.55. The Morgan fingerprint density at radius 1 is 0.894 bits per heavy atom. The van der Waals surface area contributed by atoms with Crippen molar-refractivity contribution in [1.29, 1.82) is 0 Å². The summed E-state index contributed by atoms with van der Waals surface area (Å²) in [5, 5.41) is 11.6.